The van der Waals surface area contributed by atoms with Crippen molar-refractivity contribution in [3.63, 3.8) is 0 Å². The van der Waals surface area contributed by atoms with Gasteiger partial charge in [0.05, 0.1) is 25.5 Å². The molecular formula is C21H23F3N2O3S. The zero-order valence-corrected chi connectivity index (χ0v) is 17.6. The summed E-state index contributed by atoms with van der Waals surface area (Å²) < 4.78 is 49.3. The Morgan fingerprint density at radius 2 is 1.70 bits per heavy atom. The van der Waals surface area contributed by atoms with E-state index in [9.17, 15) is 18.0 Å². The standard InChI is InChI=1S/C21H23F3N2O3S/c1-28-18-7-6-17(13-19(18)29-2)30-14-20(27)26-10-8-25(9-11-26)16-5-3-4-15(12-16)21(22,23)24/h3-7,12-13H,8-11,14H2,1-2H3. The minimum absolute atomic E-state index is 0.00141. The van der Waals surface area contributed by atoms with Crippen molar-refractivity contribution in [3.8, 4) is 11.5 Å². The number of carbonyl (C=O) groups is 1. The Morgan fingerprint density at radius 1 is 1.00 bits per heavy atom. The van der Waals surface area contributed by atoms with Crippen molar-refractivity contribution in [2.75, 3.05) is 51.1 Å². The highest BCUT2D eigenvalue weighted by molar-refractivity contribution is 8.00. The number of carbonyl (C=O) groups excluding carboxylic acids is 1. The highest BCUT2D eigenvalue weighted by Crippen LogP contribution is 2.33. The predicted octanol–water partition coefficient (Wildman–Crippen LogP) is 4.16. The third-order valence-electron chi connectivity index (χ3n) is 4.89. The topological polar surface area (TPSA) is 42.0 Å². The van der Waals surface area contributed by atoms with E-state index < -0.39 is 11.7 Å². The molecule has 1 aliphatic heterocycles. The maximum absolute atomic E-state index is 12.9. The van der Waals surface area contributed by atoms with E-state index in [0.29, 0.717) is 43.4 Å². The van der Waals surface area contributed by atoms with E-state index in [1.807, 2.05) is 17.0 Å². The van der Waals surface area contributed by atoms with Crippen LogP contribution >= 0.6 is 11.8 Å². The van der Waals surface area contributed by atoms with Crippen LogP contribution in [0.2, 0.25) is 0 Å². The second-order valence-corrected chi connectivity index (χ2v) is 7.77. The second kappa shape index (κ2) is 9.51. The fraction of sp³-hybridized carbons (Fsp3) is 0.381. The van der Waals surface area contributed by atoms with Gasteiger partial charge in [0.2, 0.25) is 5.91 Å². The highest BCUT2D eigenvalue weighted by atomic mass is 32.2. The molecule has 9 heteroatoms. The van der Waals surface area contributed by atoms with E-state index in [-0.39, 0.29) is 11.7 Å². The van der Waals surface area contributed by atoms with Crippen LogP contribution in [0.4, 0.5) is 18.9 Å². The molecular weight excluding hydrogens is 417 g/mol. The maximum atomic E-state index is 12.9. The Hall–Kier alpha value is -2.55. The lowest BCUT2D eigenvalue weighted by Crippen LogP contribution is -2.49. The minimum Gasteiger partial charge on any atom is -0.493 e. The number of ether oxygens (including phenoxy) is 2. The van der Waals surface area contributed by atoms with Gasteiger partial charge in [-0.15, -0.1) is 11.8 Å². The molecule has 1 heterocycles. The number of rotatable bonds is 6. The molecule has 2 aromatic carbocycles. The fourth-order valence-corrected chi connectivity index (χ4v) is 4.06. The van der Waals surface area contributed by atoms with Gasteiger partial charge in [0, 0.05) is 36.8 Å². The molecule has 0 saturated carbocycles. The molecule has 0 aromatic heterocycles. The molecule has 2 aromatic rings. The van der Waals surface area contributed by atoms with Gasteiger partial charge >= 0.3 is 6.18 Å². The number of piperazine rings is 1. The van der Waals surface area contributed by atoms with Gasteiger partial charge in [0.15, 0.2) is 11.5 Å². The van der Waals surface area contributed by atoms with E-state index in [0.717, 1.165) is 17.0 Å². The molecule has 3 rings (SSSR count). The van der Waals surface area contributed by atoms with Crippen molar-refractivity contribution in [1.29, 1.82) is 0 Å². The fourth-order valence-electron chi connectivity index (χ4n) is 3.24. The van der Waals surface area contributed by atoms with Crippen LogP contribution in [0.3, 0.4) is 0 Å². The Balaban J connectivity index is 1.53. The minimum atomic E-state index is -4.37. The normalized spacial score (nSPS) is 14.6. The number of amides is 1. The van der Waals surface area contributed by atoms with E-state index >= 15 is 0 Å². The summed E-state index contributed by atoms with van der Waals surface area (Å²) in [5.41, 5.74) is -0.138. The molecule has 0 aliphatic carbocycles. The number of methoxy groups -OCH3 is 2. The number of halogens is 3. The average molecular weight is 440 g/mol. The van der Waals surface area contributed by atoms with E-state index in [1.54, 1.807) is 31.3 Å². The van der Waals surface area contributed by atoms with Gasteiger partial charge in [-0.2, -0.15) is 13.2 Å². The summed E-state index contributed by atoms with van der Waals surface area (Å²) in [5.74, 6) is 1.50. The maximum Gasteiger partial charge on any atom is 0.416 e. The number of benzene rings is 2. The third kappa shape index (κ3) is 5.33. The molecule has 162 valence electrons. The molecule has 1 aliphatic rings. The lowest BCUT2D eigenvalue weighted by atomic mass is 10.1. The smallest absolute Gasteiger partial charge is 0.416 e. The molecule has 0 radical (unpaired) electrons. The first-order valence-corrected chi connectivity index (χ1v) is 10.3. The Kier molecular flexibility index (Phi) is 7.02. The van der Waals surface area contributed by atoms with Crippen LogP contribution in [0.25, 0.3) is 0 Å². The van der Waals surface area contributed by atoms with Gasteiger partial charge in [-0.1, -0.05) is 6.07 Å². The highest BCUT2D eigenvalue weighted by Gasteiger charge is 2.31. The summed E-state index contributed by atoms with van der Waals surface area (Å²) in [4.78, 5) is 17.1. The molecule has 0 atom stereocenters. The predicted molar refractivity (Wildman–Crippen MR) is 111 cm³/mol. The van der Waals surface area contributed by atoms with E-state index in [2.05, 4.69) is 0 Å². The van der Waals surface area contributed by atoms with Gasteiger partial charge in [-0.05, 0) is 36.4 Å². The van der Waals surface area contributed by atoms with Crippen LogP contribution in [0.15, 0.2) is 47.4 Å². The number of nitrogens with zero attached hydrogens (tertiary/aromatic N) is 2. The summed E-state index contributed by atoms with van der Waals surface area (Å²) in [6, 6.07) is 10.8. The van der Waals surface area contributed by atoms with Crippen molar-refractivity contribution in [3.05, 3.63) is 48.0 Å². The Morgan fingerprint density at radius 3 is 2.33 bits per heavy atom. The Bertz CT molecular complexity index is 884. The first-order valence-electron chi connectivity index (χ1n) is 9.36. The van der Waals surface area contributed by atoms with E-state index in [1.165, 1.54) is 17.8 Å². The van der Waals surface area contributed by atoms with E-state index in [4.69, 9.17) is 9.47 Å². The largest absolute Gasteiger partial charge is 0.493 e. The number of thioether (sulfide) groups is 1. The zero-order valence-electron chi connectivity index (χ0n) is 16.7. The molecule has 0 spiro atoms. The number of hydrogen-bond acceptors (Lipinski definition) is 5. The van der Waals surface area contributed by atoms with Crippen molar-refractivity contribution in [2.45, 2.75) is 11.1 Å². The summed E-state index contributed by atoms with van der Waals surface area (Å²) in [6.07, 6.45) is -4.37. The van der Waals surface area contributed by atoms with Crippen LogP contribution in [-0.4, -0.2) is 57.0 Å². The average Bonchev–Trinajstić information content (AvgIpc) is 2.76. The molecule has 0 bridgehead atoms. The Labute approximate surface area is 177 Å². The van der Waals surface area contributed by atoms with Crippen molar-refractivity contribution in [1.82, 2.24) is 4.90 Å². The van der Waals surface area contributed by atoms with Crippen LogP contribution in [0.1, 0.15) is 5.56 Å². The molecule has 0 unspecified atom stereocenters. The van der Waals surface area contributed by atoms with Crippen LogP contribution in [-0.2, 0) is 11.0 Å². The van der Waals surface area contributed by atoms with Crippen molar-refractivity contribution < 1.29 is 27.4 Å². The first kappa shape index (κ1) is 22.1. The number of anilines is 1. The summed E-state index contributed by atoms with van der Waals surface area (Å²) in [7, 11) is 3.12. The number of hydrogen-bond donors (Lipinski definition) is 0. The zero-order chi connectivity index (χ0) is 21.7. The first-order chi connectivity index (χ1) is 14.3. The molecule has 1 saturated heterocycles. The monoisotopic (exact) mass is 440 g/mol. The van der Waals surface area contributed by atoms with Crippen LogP contribution < -0.4 is 14.4 Å². The quantitative estimate of drug-likeness (QED) is 0.631. The third-order valence-corrected chi connectivity index (χ3v) is 5.87. The van der Waals surface area contributed by atoms with Crippen molar-refractivity contribution in [2.24, 2.45) is 0 Å². The van der Waals surface area contributed by atoms with Crippen LogP contribution in [0, 0.1) is 0 Å². The molecule has 1 fully saturated rings. The van der Waals surface area contributed by atoms with Gasteiger partial charge in [0.1, 0.15) is 0 Å². The summed E-state index contributed by atoms with van der Waals surface area (Å²) >= 11 is 1.41. The SMILES string of the molecule is COc1ccc(SCC(=O)N2CCN(c3cccc(C(F)(F)F)c3)CC2)cc1OC. The number of alkyl halides is 3. The van der Waals surface area contributed by atoms with Gasteiger partial charge in [-0.25, -0.2) is 0 Å². The van der Waals surface area contributed by atoms with Crippen molar-refractivity contribution >= 4 is 23.4 Å². The lowest BCUT2D eigenvalue weighted by Gasteiger charge is -2.36. The second-order valence-electron chi connectivity index (χ2n) is 6.72. The molecule has 30 heavy (non-hydrogen) atoms. The van der Waals surface area contributed by atoms with Crippen LogP contribution in [0.5, 0.6) is 11.5 Å². The van der Waals surface area contributed by atoms with Gasteiger partial charge < -0.3 is 19.3 Å². The lowest BCUT2D eigenvalue weighted by molar-refractivity contribution is -0.137. The van der Waals surface area contributed by atoms with Gasteiger partial charge in [0.25, 0.3) is 0 Å². The molecule has 0 N–H and O–H groups in total. The summed E-state index contributed by atoms with van der Waals surface area (Å²) in [5, 5.41) is 0. The summed E-state index contributed by atoms with van der Waals surface area (Å²) in [6.45, 7) is 1.94. The molecule has 5 nitrogen and oxygen atoms in total. The van der Waals surface area contributed by atoms with Gasteiger partial charge in [-0.3, -0.25) is 4.79 Å². The molecule has 1 amide bonds.